The maximum absolute atomic E-state index is 12.9. The van der Waals surface area contributed by atoms with Crippen LogP contribution in [0.3, 0.4) is 0 Å². The number of nitrogens with one attached hydrogen (secondary N) is 2. The van der Waals surface area contributed by atoms with Gasteiger partial charge in [-0.1, -0.05) is 25.5 Å². The van der Waals surface area contributed by atoms with Crippen LogP contribution < -0.4 is 16.4 Å². The molecule has 4 rings (SSSR count). The van der Waals surface area contributed by atoms with Crippen molar-refractivity contribution in [1.29, 1.82) is 0 Å². The molecule has 1 unspecified atom stereocenters. The monoisotopic (exact) mass is 384 g/mol. The first-order valence-electron chi connectivity index (χ1n) is 10.1. The Balaban J connectivity index is 1.45. The summed E-state index contributed by atoms with van der Waals surface area (Å²) in [6, 6.07) is 5.40. The number of piperidine rings is 1. The van der Waals surface area contributed by atoms with Gasteiger partial charge in [0, 0.05) is 37.7 Å². The van der Waals surface area contributed by atoms with Crippen LogP contribution in [0.2, 0.25) is 0 Å². The van der Waals surface area contributed by atoms with E-state index in [2.05, 4.69) is 17.6 Å². The standard InChI is InChI=1S/C21H28N4O3/c1-21(9-3-6-17(21)22)12-23-10-13-4-2-5-14-15(13)11-25(20(14)28)16-7-8-18(26)24-19(16)27/h2,4-5,16-17,23H,3,6-12,22H2,1H3,(H,24,26,27)/t16?,17-,21+/m1/s1. The van der Waals surface area contributed by atoms with Crippen LogP contribution in [0.4, 0.5) is 0 Å². The molecule has 0 aromatic heterocycles. The van der Waals surface area contributed by atoms with E-state index in [1.165, 1.54) is 6.42 Å². The van der Waals surface area contributed by atoms with Gasteiger partial charge in [0.15, 0.2) is 0 Å². The van der Waals surface area contributed by atoms with Crippen molar-refractivity contribution in [1.82, 2.24) is 15.5 Å². The van der Waals surface area contributed by atoms with Crippen LogP contribution in [0.15, 0.2) is 18.2 Å². The van der Waals surface area contributed by atoms with Gasteiger partial charge in [-0.3, -0.25) is 19.7 Å². The predicted molar refractivity (Wildman–Crippen MR) is 104 cm³/mol. The van der Waals surface area contributed by atoms with Crippen molar-refractivity contribution in [2.24, 2.45) is 11.1 Å². The number of rotatable bonds is 5. The number of imide groups is 1. The number of carbonyl (C=O) groups excluding carboxylic acids is 3. The van der Waals surface area contributed by atoms with Gasteiger partial charge in [-0.2, -0.15) is 0 Å². The Labute approximate surface area is 165 Å². The molecule has 7 nitrogen and oxygen atoms in total. The summed E-state index contributed by atoms with van der Waals surface area (Å²) in [6.07, 6.45) is 4.04. The van der Waals surface area contributed by atoms with E-state index >= 15 is 0 Å². The zero-order valence-corrected chi connectivity index (χ0v) is 16.3. The first-order chi connectivity index (χ1) is 13.4. The van der Waals surface area contributed by atoms with Crippen molar-refractivity contribution >= 4 is 17.7 Å². The Morgan fingerprint density at radius 2 is 2.11 bits per heavy atom. The molecule has 1 saturated heterocycles. The maximum Gasteiger partial charge on any atom is 0.255 e. The third kappa shape index (κ3) is 3.33. The lowest BCUT2D eigenvalue weighted by Crippen LogP contribution is -2.52. The van der Waals surface area contributed by atoms with Gasteiger partial charge in [-0.25, -0.2) is 0 Å². The van der Waals surface area contributed by atoms with E-state index in [1.807, 2.05) is 18.2 Å². The second kappa shape index (κ2) is 7.29. The fourth-order valence-corrected chi connectivity index (χ4v) is 4.78. The van der Waals surface area contributed by atoms with E-state index in [1.54, 1.807) is 4.90 Å². The summed E-state index contributed by atoms with van der Waals surface area (Å²) in [5, 5.41) is 5.88. The Bertz CT molecular complexity index is 824. The van der Waals surface area contributed by atoms with Crippen LogP contribution in [-0.2, 0) is 22.7 Å². The average Bonchev–Trinajstić information content (AvgIpc) is 3.16. The number of nitrogens with zero attached hydrogens (tertiary/aromatic N) is 1. The van der Waals surface area contributed by atoms with Crippen LogP contribution in [0.5, 0.6) is 0 Å². The van der Waals surface area contributed by atoms with Gasteiger partial charge < -0.3 is 16.0 Å². The number of benzene rings is 1. The minimum absolute atomic E-state index is 0.118. The van der Waals surface area contributed by atoms with E-state index in [0.717, 1.165) is 30.5 Å². The minimum atomic E-state index is -0.575. The zero-order valence-electron chi connectivity index (χ0n) is 16.3. The third-order valence-electron chi connectivity index (χ3n) is 6.68. The highest BCUT2D eigenvalue weighted by Gasteiger charge is 2.40. The topological polar surface area (TPSA) is 105 Å². The molecule has 2 heterocycles. The molecule has 4 N–H and O–H groups in total. The van der Waals surface area contributed by atoms with Gasteiger partial charge in [0.1, 0.15) is 6.04 Å². The summed E-state index contributed by atoms with van der Waals surface area (Å²) < 4.78 is 0. The second-order valence-electron chi connectivity index (χ2n) is 8.60. The Hall–Kier alpha value is -2.25. The lowest BCUT2D eigenvalue weighted by atomic mass is 9.85. The van der Waals surface area contributed by atoms with Gasteiger partial charge in [0.2, 0.25) is 11.8 Å². The summed E-state index contributed by atoms with van der Waals surface area (Å²) in [5.41, 5.74) is 9.11. The molecule has 0 radical (unpaired) electrons. The number of hydrogen-bond acceptors (Lipinski definition) is 5. The molecule has 7 heteroatoms. The molecule has 2 aliphatic heterocycles. The highest BCUT2D eigenvalue weighted by atomic mass is 16.2. The first kappa shape index (κ1) is 19.1. The van der Waals surface area contributed by atoms with Gasteiger partial charge in [-0.05, 0) is 41.9 Å². The molecule has 1 aliphatic carbocycles. The van der Waals surface area contributed by atoms with Crippen LogP contribution in [0, 0.1) is 5.41 Å². The normalized spacial score (nSPS) is 29.9. The van der Waals surface area contributed by atoms with E-state index in [4.69, 9.17) is 5.73 Å². The second-order valence-corrected chi connectivity index (χ2v) is 8.60. The van der Waals surface area contributed by atoms with Gasteiger partial charge in [0.05, 0.1) is 0 Å². The SMILES string of the molecule is C[C@@]1(CNCc2cccc3c2CN(C2CCC(=O)NC2=O)C3=O)CCC[C@H]1N. The maximum atomic E-state index is 12.9. The van der Waals surface area contributed by atoms with Crippen molar-refractivity contribution in [2.75, 3.05) is 6.54 Å². The molecule has 150 valence electrons. The van der Waals surface area contributed by atoms with Crippen LogP contribution in [0.1, 0.15) is 60.5 Å². The molecule has 2 fully saturated rings. The van der Waals surface area contributed by atoms with Gasteiger partial charge in [-0.15, -0.1) is 0 Å². The molecule has 0 bridgehead atoms. The number of amides is 3. The average molecular weight is 384 g/mol. The number of fused-ring (bicyclic) bond motifs is 1. The van der Waals surface area contributed by atoms with Crippen molar-refractivity contribution in [3.63, 3.8) is 0 Å². The van der Waals surface area contributed by atoms with Gasteiger partial charge >= 0.3 is 0 Å². The van der Waals surface area contributed by atoms with E-state index < -0.39 is 6.04 Å². The molecular weight excluding hydrogens is 356 g/mol. The van der Waals surface area contributed by atoms with Crippen molar-refractivity contribution < 1.29 is 14.4 Å². The summed E-state index contributed by atoms with van der Waals surface area (Å²) in [7, 11) is 0. The molecular formula is C21H28N4O3. The summed E-state index contributed by atoms with van der Waals surface area (Å²) in [4.78, 5) is 38.1. The summed E-state index contributed by atoms with van der Waals surface area (Å²) >= 11 is 0. The van der Waals surface area contributed by atoms with E-state index in [-0.39, 0.29) is 35.6 Å². The first-order valence-corrected chi connectivity index (χ1v) is 10.1. The smallest absolute Gasteiger partial charge is 0.255 e. The highest BCUT2D eigenvalue weighted by molar-refractivity contribution is 6.05. The largest absolute Gasteiger partial charge is 0.327 e. The summed E-state index contributed by atoms with van der Waals surface area (Å²) in [5.74, 6) is -0.773. The molecule has 3 amide bonds. The fraction of sp³-hybridized carbons (Fsp3) is 0.571. The molecule has 1 aromatic rings. The molecule has 28 heavy (non-hydrogen) atoms. The Morgan fingerprint density at radius 1 is 1.29 bits per heavy atom. The van der Waals surface area contributed by atoms with Crippen LogP contribution in [0.25, 0.3) is 0 Å². The molecule has 3 aliphatic rings. The molecule has 0 spiro atoms. The number of hydrogen-bond donors (Lipinski definition) is 3. The van der Waals surface area contributed by atoms with Gasteiger partial charge in [0.25, 0.3) is 5.91 Å². The van der Waals surface area contributed by atoms with E-state index in [0.29, 0.717) is 25.1 Å². The Morgan fingerprint density at radius 3 is 2.82 bits per heavy atom. The predicted octanol–water partition coefficient (Wildman–Crippen LogP) is 1.05. The van der Waals surface area contributed by atoms with Crippen LogP contribution >= 0.6 is 0 Å². The van der Waals surface area contributed by atoms with Crippen molar-refractivity contribution in [3.8, 4) is 0 Å². The summed E-state index contributed by atoms with van der Waals surface area (Å²) in [6.45, 7) is 4.17. The quantitative estimate of drug-likeness (QED) is 0.659. The third-order valence-corrected chi connectivity index (χ3v) is 6.68. The molecule has 1 aromatic carbocycles. The van der Waals surface area contributed by atoms with Crippen molar-refractivity contribution in [2.45, 2.75) is 64.2 Å². The lowest BCUT2D eigenvalue weighted by molar-refractivity contribution is -0.136. The molecule has 3 atom stereocenters. The van der Waals surface area contributed by atoms with E-state index in [9.17, 15) is 14.4 Å². The van der Waals surface area contributed by atoms with Crippen LogP contribution in [-0.4, -0.2) is 41.2 Å². The highest BCUT2D eigenvalue weighted by Crippen LogP contribution is 2.36. The molecule has 1 saturated carbocycles. The number of carbonyl (C=O) groups is 3. The lowest BCUT2D eigenvalue weighted by Gasteiger charge is -2.30. The zero-order chi connectivity index (χ0) is 19.9. The Kier molecular flexibility index (Phi) is 4.97. The minimum Gasteiger partial charge on any atom is -0.327 e. The number of nitrogens with two attached hydrogens (primary N) is 1. The fourth-order valence-electron chi connectivity index (χ4n) is 4.78. The van der Waals surface area contributed by atoms with Crippen molar-refractivity contribution in [3.05, 3.63) is 34.9 Å².